The third-order valence-electron chi connectivity index (χ3n) is 3.63. The van der Waals surface area contributed by atoms with Crippen molar-refractivity contribution in [1.82, 2.24) is 10.0 Å². The highest BCUT2D eigenvalue weighted by molar-refractivity contribution is 7.89. The lowest BCUT2D eigenvalue weighted by Gasteiger charge is -2.12. The molecular formula is C13H22N2O2S2. The minimum Gasteiger partial charge on any atom is -0.315 e. The van der Waals surface area contributed by atoms with E-state index in [0.29, 0.717) is 23.9 Å². The second kappa shape index (κ2) is 6.35. The molecule has 1 fully saturated rings. The lowest BCUT2D eigenvalue weighted by atomic mass is 10.1. The van der Waals surface area contributed by atoms with Crippen LogP contribution in [-0.2, 0) is 16.6 Å². The summed E-state index contributed by atoms with van der Waals surface area (Å²) in [6.45, 7) is 3.04. The van der Waals surface area contributed by atoms with Crippen LogP contribution in [0.1, 0.15) is 36.1 Å². The van der Waals surface area contributed by atoms with Gasteiger partial charge in [-0.3, -0.25) is 0 Å². The van der Waals surface area contributed by atoms with Gasteiger partial charge in [0, 0.05) is 18.0 Å². The van der Waals surface area contributed by atoms with E-state index in [9.17, 15) is 8.42 Å². The topological polar surface area (TPSA) is 58.2 Å². The van der Waals surface area contributed by atoms with E-state index < -0.39 is 10.0 Å². The summed E-state index contributed by atoms with van der Waals surface area (Å²) in [5, 5.41) is 4.94. The fraction of sp³-hybridized carbons (Fsp3) is 0.692. The monoisotopic (exact) mass is 302 g/mol. The summed E-state index contributed by atoms with van der Waals surface area (Å²) in [6.07, 6.45) is 4.76. The van der Waals surface area contributed by atoms with Gasteiger partial charge in [0.15, 0.2) is 0 Å². The van der Waals surface area contributed by atoms with E-state index in [1.54, 1.807) is 0 Å². The van der Waals surface area contributed by atoms with Gasteiger partial charge in [-0.05, 0) is 43.7 Å². The molecule has 1 heterocycles. The molecule has 19 heavy (non-hydrogen) atoms. The average Bonchev–Trinajstić information content (AvgIpc) is 2.97. The zero-order valence-corrected chi connectivity index (χ0v) is 13.2. The van der Waals surface area contributed by atoms with Crippen LogP contribution in [0.15, 0.2) is 10.3 Å². The van der Waals surface area contributed by atoms with Crippen LogP contribution in [0.2, 0.25) is 0 Å². The zero-order valence-electron chi connectivity index (χ0n) is 11.5. The molecule has 0 unspecified atom stereocenters. The molecule has 0 aromatic carbocycles. The second-order valence-electron chi connectivity index (χ2n) is 5.20. The van der Waals surface area contributed by atoms with Crippen molar-refractivity contribution >= 4 is 21.4 Å². The standard InChI is InChI=1S/C13H22N2O2S2/c1-10-9-18-12(8-14-2)13(10)19(16,17)15-7-11-5-3-4-6-11/h9,11,14-15H,3-8H2,1-2H3. The lowest BCUT2D eigenvalue weighted by Crippen LogP contribution is -2.29. The summed E-state index contributed by atoms with van der Waals surface area (Å²) in [6, 6.07) is 0. The molecule has 1 saturated carbocycles. The van der Waals surface area contributed by atoms with E-state index in [-0.39, 0.29) is 0 Å². The molecule has 0 bridgehead atoms. The molecule has 6 heteroatoms. The van der Waals surface area contributed by atoms with Crippen LogP contribution in [0.25, 0.3) is 0 Å². The van der Waals surface area contributed by atoms with Crippen molar-refractivity contribution in [2.24, 2.45) is 5.92 Å². The molecule has 0 atom stereocenters. The number of rotatable bonds is 6. The van der Waals surface area contributed by atoms with Gasteiger partial charge < -0.3 is 5.32 Å². The summed E-state index contributed by atoms with van der Waals surface area (Å²) >= 11 is 1.50. The minimum atomic E-state index is -3.37. The third kappa shape index (κ3) is 3.56. The van der Waals surface area contributed by atoms with Gasteiger partial charge in [0.05, 0.1) is 0 Å². The first kappa shape index (κ1) is 15.0. The van der Waals surface area contributed by atoms with Gasteiger partial charge in [-0.15, -0.1) is 11.3 Å². The highest BCUT2D eigenvalue weighted by atomic mass is 32.2. The van der Waals surface area contributed by atoms with Gasteiger partial charge in [0.2, 0.25) is 10.0 Å². The summed E-state index contributed by atoms with van der Waals surface area (Å²) in [5.74, 6) is 0.515. The summed E-state index contributed by atoms with van der Waals surface area (Å²) in [7, 11) is -1.54. The maximum atomic E-state index is 12.4. The highest BCUT2D eigenvalue weighted by Gasteiger charge is 2.24. The molecule has 0 radical (unpaired) electrons. The van der Waals surface area contributed by atoms with E-state index in [1.807, 2.05) is 19.4 Å². The Balaban J connectivity index is 2.11. The normalized spacial score (nSPS) is 17.2. The highest BCUT2D eigenvalue weighted by Crippen LogP contribution is 2.28. The Morgan fingerprint density at radius 3 is 2.68 bits per heavy atom. The zero-order chi connectivity index (χ0) is 13.9. The van der Waals surface area contributed by atoms with Crippen LogP contribution in [0.4, 0.5) is 0 Å². The van der Waals surface area contributed by atoms with Gasteiger partial charge in [-0.2, -0.15) is 0 Å². The first-order chi connectivity index (χ1) is 9.04. The van der Waals surface area contributed by atoms with E-state index in [1.165, 1.54) is 24.2 Å². The van der Waals surface area contributed by atoms with Gasteiger partial charge in [0.1, 0.15) is 4.90 Å². The predicted octanol–water partition coefficient (Wildman–Crippen LogP) is 2.24. The van der Waals surface area contributed by atoms with Crippen molar-refractivity contribution in [3.8, 4) is 0 Å². The molecule has 0 spiro atoms. The Bertz CT molecular complexity index is 517. The Morgan fingerprint density at radius 2 is 2.05 bits per heavy atom. The Kier molecular flexibility index (Phi) is 5.00. The average molecular weight is 302 g/mol. The molecule has 0 saturated heterocycles. The molecule has 2 N–H and O–H groups in total. The van der Waals surface area contributed by atoms with Crippen molar-refractivity contribution in [3.05, 3.63) is 15.8 Å². The minimum absolute atomic E-state index is 0.477. The summed E-state index contributed by atoms with van der Waals surface area (Å²) < 4.78 is 27.7. The Labute approximate surface area is 119 Å². The largest absolute Gasteiger partial charge is 0.315 e. The smallest absolute Gasteiger partial charge is 0.241 e. The SMILES string of the molecule is CNCc1scc(C)c1S(=O)(=O)NCC1CCCC1. The molecule has 4 nitrogen and oxygen atoms in total. The maximum absolute atomic E-state index is 12.4. The first-order valence-corrected chi connectivity index (χ1v) is 9.12. The molecule has 0 aliphatic heterocycles. The van der Waals surface area contributed by atoms with Gasteiger partial charge >= 0.3 is 0 Å². The number of hydrogen-bond donors (Lipinski definition) is 2. The van der Waals surface area contributed by atoms with E-state index >= 15 is 0 Å². The number of sulfonamides is 1. The fourth-order valence-corrected chi connectivity index (χ4v) is 5.58. The van der Waals surface area contributed by atoms with Crippen LogP contribution in [0.3, 0.4) is 0 Å². The van der Waals surface area contributed by atoms with Crippen molar-refractivity contribution in [3.63, 3.8) is 0 Å². The number of thiophene rings is 1. The van der Waals surface area contributed by atoms with Crippen LogP contribution in [0.5, 0.6) is 0 Å². The van der Waals surface area contributed by atoms with Crippen molar-refractivity contribution in [1.29, 1.82) is 0 Å². The van der Waals surface area contributed by atoms with Crippen molar-refractivity contribution in [2.45, 2.75) is 44.0 Å². The number of aryl methyl sites for hydroxylation is 1. The summed E-state index contributed by atoms with van der Waals surface area (Å²) in [5.41, 5.74) is 0.842. The Morgan fingerprint density at radius 1 is 1.37 bits per heavy atom. The molecular weight excluding hydrogens is 280 g/mol. The Hall–Kier alpha value is -0.430. The second-order valence-corrected chi connectivity index (χ2v) is 7.87. The first-order valence-electron chi connectivity index (χ1n) is 6.76. The molecule has 108 valence electrons. The van der Waals surface area contributed by atoms with Gasteiger partial charge in [-0.1, -0.05) is 12.8 Å². The van der Waals surface area contributed by atoms with E-state index in [4.69, 9.17) is 0 Å². The van der Waals surface area contributed by atoms with Crippen LogP contribution in [0, 0.1) is 12.8 Å². The molecule has 1 aliphatic rings. The maximum Gasteiger partial charge on any atom is 0.241 e. The number of nitrogens with one attached hydrogen (secondary N) is 2. The van der Waals surface area contributed by atoms with Gasteiger partial charge in [-0.25, -0.2) is 13.1 Å². The molecule has 1 aliphatic carbocycles. The fourth-order valence-electron chi connectivity index (χ4n) is 2.64. The van der Waals surface area contributed by atoms with Crippen LogP contribution >= 0.6 is 11.3 Å². The number of hydrogen-bond acceptors (Lipinski definition) is 4. The third-order valence-corrected chi connectivity index (χ3v) is 6.52. The molecule has 1 aromatic heterocycles. The van der Waals surface area contributed by atoms with Crippen LogP contribution < -0.4 is 10.0 Å². The van der Waals surface area contributed by atoms with Crippen LogP contribution in [-0.4, -0.2) is 22.0 Å². The lowest BCUT2D eigenvalue weighted by molar-refractivity contribution is 0.519. The van der Waals surface area contributed by atoms with Crippen molar-refractivity contribution in [2.75, 3.05) is 13.6 Å². The quantitative estimate of drug-likeness (QED) is 0.847. The molecule has 2 rings (SSSR count). The predicted molar refractivity (Wildman–Crippen MR) is 79.0 cm³/mol. The molecule has 1 aromatic rings. The molecule has 0 amide bonds. The van der Waals surface area contributed by atoms with E-state index in [0.717, 1.165) is 23.3 Å². The van der Waals surface area contributed by atoms with E-state index in [2.05, 4.69) is 10.0 Å². The van der Waals surface area contributed by atoms with Gasteiger partial charge in [0.25, 0.3) is 0 Å². The van der Waals surface area contributed by atoms with Crippen molar-refractivity contribution < 1.29 is 8.42 Å². The summed E-state index contributed by atoms with van der Waals surface area (Å²) in [4.78, 5) is 1.36.